The number of hydrogen-bond donors (Lipinski definition) is 0. The van der Waals surface area contributed by atoms with Crippen LogP contribution in [-0.4, -0.2) is 10.4 Å². The summed E-state index contributed by atoms with van der Waals surface area (Å²) in [6.45, 7) is 1.44. The van der Waals surface area contributed by atoms with E-state index in [9.17, 15) is 9.59 Å². The Morgan fingerprint density at radius 3 is 2.24 bits per heavy atom. The van der Waals surface area contributed by atoms with Crippen LogP contribution in [0.4, 0.5) is 0 Å². The molecule has 0 fully saturated rings. The van der Waals surface area contributed by atoms with Crippen LogP contribution in [0, 0.1) is 0 Å². The summed E-state index contributed by atoms with van der Waals surface area (Å²) in [6.07, 6.45) is 0. The van der Waals surface area contributed by atoms with Crippen molar-refractivity contribution in [3.63, 3.8) is 0 Å². The van der Waals surface area contributed by atoms with Crippen molar-refractivity contribution in [1.29, 1.82) is 0 Å². The lowest BCUT2D eigenvalue weighted by Crippen LogP contribution is -2.25. The van der Waals surface area contributed by atoms with Gasteiger partial charge in [-0.2, -0.15) is 0 Å². The van der Waals surface area contributed by atoms with Crippen LogP contribution in [-0.2, 0) is 7.05 Å². The van der Waals surface area contributed by atoms with Gasteiger partial charge in [-0.05, 0) is 18.6 Å². The molecular formula is C18H15NO2. The molecule has 21 heavy (non-hydrogen) atoms. The van der Waals surface area contributed by atoms with Crippen molar-refractivity contribution in [3.05, 3.63) is 70.5 Å². The minimum atomic E-state index is -0.250. The fourth-order valence-electron chi connectivity index (χ4n) is 2.73. The number of carbonyl (C=O) groups is 1. The normalized spacial score (nSPS) is 10.8. The highest BCUT2D eigenvalue weighted by atomic mass is 16.1. The van der Waals surface area contributed by atoms with Gasteiger partial charge in [-0.3, -0.25) is 9.59 Å². The summed E-state index contributed by atoms with van der Waals surface area (Å²) in [5.41, 5.74) is 2.44. The number of fused-ring (bicyclic) bond motifs is 1. The van der Waals surface area contributed by atoms with Gasteiger partial charge in [0.1, 0.15) is 0 Å². The molecule has 0 saturated carbocycles. The second-order valence-electron chi connectivity index (χ2n) is 5.05. The minimum absolute atomic E-state index is 0.208. The molecule has 1 aromatic heterocycles. The number of Topliss-reactive ketones (excluding diaryl/α,β-unsaturated/α-hetero) is 1. The molecule has 3 aromatic rings. The van der Waals surface area contributed by atoms with Crippen LogP contribution in [0.1, 0.15) is 17.3 Å². The fraction of sp³-hybridized carbons (Fsp3) is 0.111. The minimum Gasteiger partial charge on any atom is -0.311 e. The van der Waals surface area contributed by atoms with E-state index >= 15 is 0 Å². The molecule has 3 heteroatoms. The van der Waals surface area contributed by atoms with Crippen molar-refractivity contribution in [2.24, 2.45) is 7.05 Å². The summed E-state index contributed by atoms with van der Waals surface area (Å²) in [7, 11) is 1.70. The number of benzene rings is 2. The van der Waals surface area contributed by atoms with Gasteiger partial charge in [0, 0.05) is 18.0 Å². The highest BCUT2D eigenvalue weighted by Gasteiger charge is 2.19. The van der Waals surface area contributed by atoms with Gasteiger partial charge in [0.2, 0.25) is 0 Å². The molecular weight excluding hydrogens is 262 g/mol. The van der Waals surface area contributed by atoms with Crippen LogP contribution < -0.4 is 5.56 Å². The smallest absolute Gasteiger partial charge is 0.262 e. The number of hydrogen-bond acceptors (Lipinski definition) is 2. The zero-order valence-corrected chi connectivity index (χ0v) is 12.0. The van der Waals surface area contributed by atoms with E-state index in [0.717, 1.165) is 22.0 Å². The van der Waals surface area contributed by atoms with Crippen molar-refractivity contribution in [2.75, 3.05) is 0 Å². The number of nitrogens with zero attached hydrogens (tertiary/aromatic N) is 1. The molecule has 104 valence electrons. The maximum atomic E-state index is 12.6. The largest absolute Gasteiger partial charge is 0.311 e. The molecule has 2 aromatic carbocycles. The topological polar surface area (TPSA) is 39.1 Å². The number of carbonyl (C=O) groups excluding carboxylic acids is 1. The first-order valence-electron chi connectivity index (χ1n) is 6.79. The van der Waals surface area contributed by atoms with E-state index in [1.807, 2.05) is 54.6 Å². The molecule has 1 heterocycles. The number of aryl methyl sites for hydroxylation is 1. The maximum Gasteiger partial charge on any atom is 0.262 e. The molecule has 0 radical (unpaired) electrons. The zero-order chi connectivity index (χ0) is 15.0. The second kappa shape index (κ2) is 5.02. The van der Waals surface area contributed by atoms with Gasteiger partial charge in [-0.25, -0.2) is 0 Å². The average molecular weight is 277 g/mol. The first-order chi connectivity index (χ1) is 10.1. The summed E-state index contributed by atoms with van der Waals surface area (Å²) >= 11 is 0. The maximum absolute atomic E-state index is 12.6. The van der Waals surface area contributed by atoms with Crippen LogP contribution in [0.25, 0.3) is 22.0 Å². The van der Waals surface area contributed by atoms with Gasteiger partial charge in [0.05, 0.1) is 11.1 Å². The number of para-hydroxylation sites is 1. The predicted molar refractivity (Wildman–Crippen MR) is 84.6 cm³/mol. The highest BCUT2D eigenvalue weighted by Crippen LogP contribution is 2.30. The molecule has 0 bridgehead atoms. The Morgan fingerprint density at radius 2 is 1.57 bits per heavy atom. The Morgan fingerprint density at radius 1 is 0.952 bits per heavy atom. The van der Waals surface area contributed by atoms with Crippen LogP contribution >= 0.6 is 0 Å². The molecule has 0 unspecified atom stereocenters. The lowest BCUT2D eigenvalue weighted by Gasteiger charge is -2.14. The van der Waals surface area contributed by atoms with Gasteiger partial charge in [0.25, 0.3) is 5.56 Å². The van der Waals surface area contributed by atoms with Gasteiger partial charge in [0.15, 0.2) is 5.78 Å². The summed E-state index contributed by atoms with van der Waals surface area (Å²) < 4.78 is 1.54. The molecule has 0 aliphatic rings. The Kier molecular flexibility index (Phi) is 3.18. The van der Waals surface area contributed by atoms with Crippen molar-refractivity contribution >= 4 is 16.7 Å². The summed E-state index contributed by atoms with van der Waals surface area (Å²) in [5, 5.41) is 0.913. The third-order valence-corrected chi connectivity index (χ3v) is 3.72. The lowest BCUT2D eigenvalue weighted by molar-refractivity contribution is 0.101. The SMILES string of the molecule is CC(=O)c1c(-c2ccccc2)c2ccccc2n(C)c1=O. The van der Waals surface area contributed by atoms with Gasteiger partial charge >= 0.3 is 0 Å². The fourth-order valence-corrected chi connectivity index (χ4v) is 2.73. The number of ketones is 1. The molecule has 0 atom stereocenters. The third kappa shape index (κ3) is 2.07. The number of rotatable bonds is 2. The van der Waals surface area contributed by atoms with Crippen LogP contribution in [0.3, 0.4) is 0 Å². The number of pyridine rings is 1. The van der Waals surface area contributed by atoms with E-state index in [4.69, 9.17) is 0 Å². The standard InChI is InChI=1S/C18H15NO2/c1-12(20)16-17(13-8-4-3-5-9-13)14-10-6-7-11-15(14)19(2)18(16)21/h3-11H,1-2H3. The Bertz CT molecular complexity index is 892. The summed E-state index contributed by atoms with van der Waals surface area (Å²) in [5.74, 6) is -0.208. The third-order valence-electron chi connectivity index (χ3n) is 3.72. The molecule has 3 nitrogen and oxygen atoms in total. The molecule has 0 saturated heterocycles. The summed E-state index contributed by atoms with van der Waals surface area (Å²) in [6, 6.07) is 17.2. The van der Waals surface area contributed by atoms with Crippen molar-refractivity contribution < 1.29 is 4.79 Å². The van der Waals surface area contributed by atoms with Crippen molar-refractivity contribution in [2.45, 2.75) is 6.92 Å². The Hall–Kier alpha value is -2.68. The predicted octanol–water partition coefficient (Wildman–Crippen LogP) is 3.41. The van der Waals surface area contributed by atoms with E-state index in [1.54, 1.807) is 11.6 Å². The van der Waals surface area contributed by atoms with E-state index in [-0.39, 0.29) is 16.9 Å². The molecule has 3 rings (SSSR count). The molecule has 0 amide bonds. The first kappa shape index (κ1) is 13.3. The van der Waals surface area contributed by atoms with Crippen molar-refractivity contribution in [3.8, 4) is 11.1 Å². The van der Waals surface area contributed by atoms with Crippen molar-refractivity contribution in [1.82, 2.24) is 4.57 Å². The van der Waals surface area contributed by atoms with E-state index in [0.29, 0.717) is 0 Å². The van der Waals surface area contributed by atoms with E-state index in [1.165, 1.54) is 6.92 Å². The van der Waals surface area contributed by atoms with E-state index in [2.05, 4.69) is 0 Å². The zero-order valence-electron chi connectivity index (χ0n) is 12.0. The van der Waals surface area contributed by atoms with Gasteiger partial charge < -0.3 is 4.57 Å². The van der Waals surface area contributed by atoms with Gasteiger partial charge in [-0.15, -0.1) is 0 Å². The van der Waals surface area contributed by atoms with Crippen LogP contribution in [0.15, 0.2) is 59.4 Å². The van der Waals surface area contributed by atoms with Gasteiger partial charge in [-0.1, -0.05) is 48.5 Å². The summed E-state index contributed by atoms with van der Waals surface area (Å²) in [4.78, 5) is 24.6. The van der Waals surface area contributed by atoms with Crippen LogP contribution in [0.5, 0.6) is 0 Å². The second-order valence-corrected chi connectivity index (χ2v) is 5.05. The monoisotopic (exact) mass is 277 g/mol. The van der Waals surface area contributed by atoms with Crippen LogP contribution in [0.2, 0.25) is 0 Å². The molecule has 0 spiro atoms. The highest BCUT2D eigenvalue weighted by molar-refractivity contribution is 6.08. The molecule has 0 aliphatic carbocycles. The Balaban J connectivity index is 2.57. The number of aromatic nitrogens is 1. The molecule has 0 aliphatic heterocycles. The molecule has 0 N–H and O–H groups in total. The first-order valence-corrected chi connectivity index (χ1v) is 6.79. The quantitative estimate of drug-likeness (QED) is 0.673. The Labute approximate surface area is 122 Å². The van der Waals surface area contributed by atoms with E-state index < -0.39 is 0 Å². The average Bonchev–Trinajstić information content (AvgIpc) is 2.51. The lowest BCUT2D eigenvalue weighted by atomic mass is 9.94.